The van der Waals surface area contributed by atoms with Crippen LogP contribution in [-0.2, 0) is 4.79 Å². The first-order valence-corrected chi connectivity index (χ1v) is 6.32. The molecule has 0 aromatic heterocycles. The quantitative estimate of drug-likeness (QED) is 0.820. The van der Waals surface area contributed by atoms with Crippen LogP contribution in [0.25, 0.3) is 0 Å². The van der Waals surface area contributed by atoms with Gasteiger partial charge in [-0.25, -0.2) is 0 Å². The zero-order valence-corrected chi connectivity index (χ0v) is 10.8. The number of halogens is 1. The van der Waals surface area contributed by atoms with Crippen LogP contribution >= 0.6 is 11.6 Å². The van der Waals surface area contributed by atoms with Crippen molar-refractivity contribution in [2.45, 2.75) is 26.2 Å². The van der Waals surface area contributed by atoms with E-state index in [2.05, 4.69) is 12.2 Å². The van der Waals surface area contributed by atoms with Crippen molar-refractivity contribution in [2.24, 2.45) is 11.7 Å². The van der Waals surface area contributed by atoms with Crippen LogP contribution in [0.2, 0.25) is 5.02 Å². The van der Waals surface area contributed by atoms with E-state index in [-0.39, 0.29) is 11.8 Å². The Balaban J connectivity index is 2.66. The van der Waals surface area contributed by atoms with Gasteiger partial charge in [0, 0.05) is 5.92 Å². The summed E-state index contributed by atoms with van der Waals surface area (Å²) in [4.78, 5) is 12.0. The molecule has 0 spiro atoms. The number of rotatable bonds is 6. The Morgan fingerprint density at radius 2 is 2.12 bits per heavy atom. The van der Waals surface area contributed by atoms with Gasteiger partial charge in [0.15, 0.2) is 0 Å². The lowest BCUT2D eigenvalue weighted by molar-refractivity contribution is -0.120. The van der Waals surface area contributed by atoms with Gasteiger partial charge in [-0.2, -0.15) is 0 Å². The first-order chi connectivity index (χ1) is 8.19. The van der Waals surface area contributed by atoms with Crippen LogP contribution in [0.3, 0.4) is 0 Å². The second-order valence-electron chi connectivity index (χ2n) is 4.03. The molecule has 0 fully saturated rings. The van der Waals surface area contributed by atoms with Crippen molar-refractivity contribution in [3.63, 3.8) is 0 Å². The molecule has 0 radical (unpaired) electrons. The SMILES string of the molecule is CCCC(CCN)C(=O)Nc1ccccc1Cl. The Labute approximate surface area is 107 Å². The zero-order chi connectivity index (χ0) is 12.7. The highest BCUT2D eigenvalue weighted by atomic mass is 35.5. The largest absolute Gasteiger partial charge is 0.330 e. The second-order valence-corrected chi connectivity index (χ2v) is 4.44. The lowest BCUT2D eigenvalue weighted by Crippen LogP contribution is -2.25. The molecule has 1 aromatic carbocycles. The molecular formula is C13H19ClN2O. The number of nitrogens with two attached hydrogens (primary N) is 1. The van der Waals surface area contributed by atoms with E-state index in [0.29, 0.717) is 23.7 Å². The third kappa shape index (κ3) is 4.36. The number of nitrogens with one attached hydrogen (secondary N) is 1. The summed E-state index contributed by atoms with van der Waals surface area (Å²) in [5, 5.41) is 3.41. The summed E-state index contributed by atoms with van der Waals surface area (Å²) in [5.74, 6) is -0.0216. The van der Waals surface area contributed by atoms with Gasteiger partial charge in [-0.05, 0) is 31.5 Å². The summed E-state index contributed by atoms with van der Waals surface area (Å²) in [7, 11) is 0. The number of amides is 1. The highest BCUT2D eigenvalue weighted by Gasteiger charge is 2.17. The number of benzene rings is 1. The molecule has 0 aliphatic carbocycles. The number of carbonyl (C=O) groups is 1. The molecular weight excluding hydrogens is 236 g/mol. The molecule has 0 saturated heterocycles. The Morgan fingerprint density at radius 1 is 1.41 bits per heavy atom. The van der Waals surface area contributed by atoms with Gasteiger partial charge in [-0.1, -0.05) is 37.1 Å². The minimum Gasteiger partial charge on any atom is -0.330 e. The predicted molar refractivity (Wildman–Crippen MR) is 72.2 cm³/mol. The Bertz CT molecular complexity index is 362. The van der Waals surface area contributed by atoms with Crippen LogP contribution in [0.4, 0.5) is 5.69 Å². The number of carbonyl (C=O) groups excluding carboxylic acids is 1. The van der Waals surface area contributed by atoms with Crippen LogP contribution in [0.15, 0.2) is 24.3 Å². The van der Waals surface area contributed by atoms with Crippen molar-refractivity contribution >= 4 is 23.2 Å². The highest BCUT2D eigenvalue weighted by molar-refractivity contribution is 6.33. The number of hydrogen-bond donors (Lipinski definition) is 2. The van der Waals surface area contributed by atoms with E-state index in [1.54, 1.807) is 12.1 Å². The molecule has 0 heterocycles. The fourth-order valence-corrected chi connectivity index (χ4v) is 1.94. The molecule has 0 saturated carbocycles. The zero-order valence-electron chi connectivity index (χ0n) is 10.1. The maximum Gasteiger partial charge on any atom is 0.227 e. The average molecular weight is 255 g/mol. The monoisotopic (exact) mass is 254 g/mol. The summed E-state index contributed by atoms with van der Waals surface area (Å²) in [6.07, 6.45) is 2.54. The summed E-state index contributed by atoms with van der Waals surface area (Å²) < 4.78 is 0. The van der Waals surface area contributed by atoms with Crippen molar-refractivity contribution in [1.82, 2.24) is 0 Å². The van der Waals surface area contributed by atoms with Crippen molar-refractivity contribution in [2.75, 3.05) is 11.9 Å². The first-order valence-electron chi connectivity index (χ1n) is 5.94. The maximum atomic E-state index is 12.0. The predicted octanol–water partition coefficient (Wildman–Crippen LogP) is 3.04. The smallest absolute Gasteiger partial charge is 0.227 e. The maximum absolute atomic E-state index is 12.0. The Kier molecular flexibility index (Phi) is 6.01. The van der Waals surface area contributed by atoms with E-state index >= 15 is 0 Å². The van der Waals surface area contributed by atoms with Crippen LogP contribution in [-0.4, -0.2) is 12.5 Å². The molecule has 1 unspecified atom stereocenters. The minimum absolute atomic E-state index is 0.00500. The first kappa shape index (κ1) is 14.0. The molecule has 1 aromatic rings. The van der Waals surface area contributed by atoms with E-state index in [4.69, 9.17) is 17.3 Å². The van der Waals surface area contributed by atoms with Gasteiger partial charge in [0.05, 0.1) is 10.7 Å². The van der Waals surface area contributed by atoms with Gasteiger partial charge in [0.1, 0.15) is 0 Å². The summed E-state index contributed by atoms with van der Waals surface area (Å²) in [6.45, 7) is 2.59. The molecule has 94 valence electrons. The average Bonchev–Trinajstić information content (AvgIpc) is 2.32. The summed E-state index contributed by atoms with van der Waals surface area (Å²) in [6, 6.07) is 7.24. The van der Waals surface area contributed by atoms with E-state index in [1.165, 1.54) is 0 Å². The molecule has 4 heteroatoms. The van der Waals surface area contributed by atoms with Gasteiger partial charge < -0.3 is 11.1 Å². The Morgan fingerprint density at radius 3 is 2.71 bits per heavy atom. The van der Waals surface area contributed by atoms with Crippen molar-refractivity contribution < 1.29 is 4.79 Å². The van der Waals surface area contributed by atoms with Crippen molar-refractivity contribution in [1.29, 1.82) is 0 Å². The third-order valence-electron chi connectivity index (χ3n) is 2.65. The molecule has 0 aliphatic heterocycles. The molecule has 1 rings (SSSR count). The van der Waals surface area contributed by atoms with E-state index in [9.17, 15) is 4.79 Å². The van der Waals surface area contributed by atoms with Crippen LogP contribution in [0.5, 0.6) is 0 Å². The summed E-state index contributed by atoms with van der Waals surface area (Å²) in [5.41, 5.74) is 6.18. The fourth-order valence-electron chi connectivity index (χ4n) is 1.75. The van der Waals surface area contributed by atoms with Gasteiger partial charge in [-0.15, -0.1) is 0 Å². The second kappa shape index (κ2) is 7.30. The van der Waals surface area contributed by atoms with Gasteiger partial charge in [-0.3, -0.25) is 4.79 Å². The van der Waals surface area contributed by atoms with E-state index in [1.807, 2.05) is 12.1 Å². The molecule has 1 atom stereocenters. The van der Waals surface area contributed by atoms with Crippen molar-refractivity contribution in [3.8, 4) is 0 Å². The van der Waals surface area contributed by atoms with E-state index in [0.717, 1.165) is 12.8 Å². The minimum atomic E-state index is -0.0266. The topological polar surface area (TPSA) is 55.1 Å². The standard InChI is InChI=1S/C13H19ClN2O/c1-2-5-10(8-9-15)13(17)16-12-7-4-3-6-11(12)14/h3-4,6-7,10H,2,5,8-9,15H2,1H3,(H,16,17). The van der Waals surface area contributed by atoms with E-state index < -0.39 is 0 Å². The molecule has 3 N–H and O–H groups in total. The van der Waals surface area contributed by atoms with Crippen molar-refractivity contribution in [3.05, 3.63) is 29.3 Å². The fraction of sp³-hybridized carbons (Fsp3) is 0.462. The van der Waals surface area contributed by atoms with Crippen LogP contribution in [0, 0.1) is 5.92 Å². The summed E-state index contributed by atoms with van der Waals surface area (Å²) >= 11 is 5.99. The molecule has 0 aliphatic rings. The third-order valence-corrected chi connectivity index (χ3v) is 2.98. The van der Waals surface area contributed by atoms with Crippen LogP contribution in [0.1, 0.15) is 26.2 Å². The van der Waals surface area contributed by atoms with Gasteiger partial charge in [0.2, 0.25) is 5.91 Å². The Hall–Kier alpha value is -1.06. The molecule has 17 heavy (non-hydrogen) atoms. The lowest BCUT2D eigenvalue weighted by Gasteiger charge is -2.15. The molecule has 0 bridgehead atoms. The van der Waals surface area contributed by atoms with Crippen LogP contribution < -0.4 is 11.1 Å². The number of hydrogen-bond acceptors (Lipinski definition) is 2. The normalized spacial score (nSPS) is 12.2. The molecule has 3 nitrogen and oxygen atoms in total. The molecule has 1 amide bonds. The highest BCUT2D eigenvalue weighted by Crippen LogP contribution is 2.22. The van der Waals surface area contributed by atoms with Gasteiger partial charge >= 0.3 is 0 Å². The number of anilines is 1. The lowest BCUT2D eigenvalue weighted by atomic mass is 9.99. The number of para-hydroxylation sites is 1. The van der Waals surface area contributed by atoms with Gasteiger partial charge in [0.25, 0.3) is 0 Å².